The van der Waals surface area contributed by atoms with Crippen molar-refractivity contribution in [2.24, 2.45) is 0 Å². The molecule has 1 fully saturated rings. The Kier molecular flexibility index (Phi) is 4.07. The predicted molar refractivity (Wildman–Crippen MR) is 72.1 cm³/mol. The molecule has 1 N–H and O–H groups in total. The van der Waals surface area contributed by atoms with Crippen molar-refractivity contribution in [3.8, 4) is 0 Å². The minimum atomic E-state index is -0.0203. The molecule has 3 nitrogen and oxygen atoms in total. The van der Waals surface area contributed by atoms with Gasteiger partial charge in [-0.3, -0.25) is 4.79 Å². The second-order valence-electron chi connectivity index (χ2n) is 4.39. The van der Waals surface area contributed by atoms with Crippen LogP contribution in [-0.4, -0.2) is 23.3 Å². The molecule has 1 amide bonds. The Balaban J connectivity index is 2.04. The standard InChI is InChI=1S/C13H18N2OS/c1-10-9-12(17-15-7-3-4-8-15)5-6-13(10)14-11(2)16/h5-6,9H,3-4,7-8H2,1-2H3,(H,14,16). The van der Waals surface area contributed by atoms with Crippen LogP contribution in [-0.2, 0) is 4.79 Å². The van der Waals surface area contributed by atoms with E-state index in [1.165, 1.54) is 37.8 Å². The molecule has 0 spiro atoms. The van der Waals surface area contributed by atoms with Gasteiger partial charge in [0, 0.05) is 30.6 Å². The second kappa shape index (κ2) is 5.56. The highest BCUT2D eigenvalue weighted by Crippen LogP contribution is 2.29. The van der Waals surface area contributed by atoms with E-state index in [9.17, 15) is 4.79 Å². The Morgan fingerprint density at radius 3 is 2.65 bits per heavy atom. The first-order valence-electron chi connectivity index (χ1n) is 5.96. The van der Waals surface area contributed by atoms with Crippen molar-refractivity contribution in [1.29, 1.82) is 0 Å². The number of aryl methyl sites for hydroxylation is 1. The van der Waals surface area contributed by atoms with Gasteiger partial charge in [0.05, 0.1) is 0 Å². The lowest BCUT2D eigenvalue weighted by atomic mass is 10.2. The first-order valence-corrected chi connectivity index (χ1v) is 6.73. The molecule has 17 heavy (non-hydrogen) atoms. The molecule has 1 aromatic carbocycles. The summed E-state index contributed by atoms with van der Waals surface area (Å²) in [6, 6.07) is 6.19. The van der Waals surface area contributed by atoms with Crippen LogP contribution < -0.4 is 5.32 Å². The summed E-state index contributed by atoms with van der Waals surface area (Å²) in [5.74, 6) is -0.0203. The highest BCUT2D eigenvalue weighted by atomic mass is 32.2. The number of benzene rings is 1. The normalized spacial score (nSPS) is 16.1. The number of nitrogens with zero attached hydrogens (tertiary/aromatic N) is 1. The number of hydrogen-bond acceptors (Lipinski definition) is 3. The third kappa shape index (κ3) is 3.48. The molecular weight excluding hydrogens is 232 g/mol. The zero-order valence-electron chi connectivity index (χ0n) is 10.3. The van der Waals surface area contributed by atoms with E-state index in [0.717, 1.165) is 11.3 Å². The number of anilines is 1. The molecule has 0 aromatic heterocycles. The van der Waals surface area contributed by atoms with Crippen LogP contribution in [0.4, 0.5) is 5.69 Å². The van der Waals surface area contributed by atoms with Crippen LogP contribution in [0.15, 0.2) is 23.1 Å². The maximum atomic E-state index is 11.0. The van der Waals surface area contributed by atoms with Crippen LogP contribution in [0.3, 0.4) is 0 Å². The van der Waals surface area contributed by atoms with E-state index in [1.54, 1.807) is 0 Å². The maximum absolute atomic E-state index is 11.0. The van der Waals surface area contributed by atoms with Gasteiger partial charge in [-0.1, -0.05) is 0 Å². The molecule has 0 atom stereocenters. The quantitative estimate of drug-likeness (QED) is 0.837. The van der Waals surface area contributed by atoms with E-state index in [4.69, 9.17) is 0 Å². The summed E-state index contributed by atoms with van der Waals surface area (Å²) in [5.41, 5.74) is 2.02. The Morgan fingerprint density at radius 2 is 2.06 bits per heavy atom. The monoisotopic (exact) mass is 250 g/mol. The molecule has 0 aliphatic carbocycles. The van der Waals surface area contributed by atoms with Crippen LogP contribution in [0.1, 0.15) is 25.3 Å². The van der Waals surface area contributed by atoms with Crippen molar-refractivity contribution in [3.05, 3.63) is 23.8 Å². The number of rotatable bonds is 3. The van der Waals surface area contributed by atoms with Crippen molar-refractivity contribution in [2.45, 2.75) is 31.6 Å². The van der Waals surface area contributed by atoms with Crippen molar-refractivity contribution in [3.63, 3.8) is 0 Å². The molecule has 1 aromatic rings. The minimum absolute atomic E-state index is 0.0203. The first kappa shape index (κ1) is 12.5. The lowest BCUT2D eigenvalue weighted by molar-refractivity contribution is -0.114. The van der Waals surface area contributed by atoms with E-state index in [-0.39, 0.29) is 5.91 Å². The zero-order chi connectivity index (χ0) is 12.3. The number of carbonyl (C=O) groups is 1. The third-order valence-electron chi connectivity index (χ3n) is 2.81. The van der Waals surface area contributed by atoms with Crippen molar-refractivity contribution < 1.29 is 4.79 Å². The number of nitrogens with one attached hydrogen (secondary N) is 1. The summed E-state index contributed by atoms with van der Waals surface area (Å²) in [4.78, 5) is 12.3. The van der Waals surface area contributed by atoms with Crippen LogP contribution in [0.5, 0.6) is 0 Å². The smallest absolute Gasteiger partial charge is 0.221 e. The van der Waals surface area contributed by atoms with Gasteiger partial charge in [0.15, 0.2) is 0 Å². The Labute approximate surface area is 107 Å². The fourth-order valence-electron chi connectivity index (χ4n) is 1.95. The van der Waals surface area contributed by atoms with Gasteiger partial charge in [-0.25, -0.2) is 4.31 Å². The summed E-state index contributed by atoms with van der Waals surface area (Å²) < 4.78 is 2.40. The van der Waals surface area contributed by atoms with E-state index in [0.29, 0.717) is 0 Å². The molecule has 0 bridgehead atoms. The van der Waals surface area contributed by atoms with Gasteiger partial charge in [0.2, 0.25) is 5.91 Å². The van der Waals surface area contributed by atoms with Crippen molar-refractivity contribution in [2.75, 3.05) is 18.4 Å². The summed E-state index contributed by atoms with van der Waals surface area (Å²) in [7, 11) is 0. The van der Waals surface area contributed by atoms with Crippen molar-refractivity contribution >= 4 is 23.5 Å². The summed E-state index contributed by atoms with van der Waals surface area (Å²) in [6.45, 7) is 5.92. The average molecular weight is 250 g/mol. The van der Waals surface area contributed by atoms with E-state index < -0.39 is 0 Å². The zero-order valence-corrected chi connectivity index (χ0v) is 11.1. The molecular formula is C13H18N2OS. The third-order valence-corrected chi connectivity index (χ3v) is 3.90. The number of hydrogen-bond donors (Lipinski definition) is 1. The van der Waals surface area contributed by atoms with E-state index >= 15 is 0 Å². The SMILES string of the molecule is CC(=O)Nc1ccc(SN2CCCC2)cc1C. The molecule has 92 valence electrons. The van der Waals surface area contributed by atoms with Crippen LogP contribution in [0.2, 0.25) is 0 Å². The molecule has 1 aliphatic rings. The van der Waals surface area contributed by atoms with E-state index in [2.05, 4.69) is 21.8 Å². The molecule has 0 saturated carbocycles. The van der Waals surface area contributed by atoms with Gasteiger partial charge >= 0.3 is 0 Å². The molecule has 4 heteroatoms. The topological polar surface area (TPSA) is 32.3 Å². The van der Waals surface area contributed by atoms with Gasteiger partial charge in [-0.15, -0.1) is 0 Å². The van der Waals surface area contributed by atoms with Crippen LogP contribution >= 0.6 is 11.9 Å². The molecule has 1 saturated heterocycles. The second-order valence-corrected chi connectivity index (χ2v) is 5.56. The van der Waals surface area contributed by atoms with E-state index in [1.807, 2.05) is 24.9 Å². The molecule has 1 aliphatic heterocycles. The highest BCUT2D eigenvalue weighted by molar-refractivity contribution is 7.97. The fourth-order valence-corrected chi connectivity index (χ4v) is 3.05. The van der Waals surface area contributed by atoms with Gasteiger partial charge in [-0.2, -0.15) is 0 Å². The highest BCUT2D eigenvalue weighted by Gasteiger charge is 2.13. The lowest BCUT2D eigenvalue weighted by Gasteiger charge is -2.14. The largest absolute Gasteiger partial charge is 0.326 e. The Hall–Kier alpha value is -1.00. The number of carbonyl (C=O) groups excluding carboxylic acids is 1. The van der Waals surface area contributed by atoms with Gasteiger partial charge < -0.3 is 5.32 Å². The first-order chi connectivity index (χ1) is 8.15. The maximum Gasteiger partial charge on any atom is 0.221 e. The van der Waals surface area contributed by atoms with Gasteiger partial charge in [-0.05, 0) is 55.5 Å². The molecule has 0 unspecified atom stereocenters. The average Bonchev–Trinajstić information content (AvgIpc) is 2.74. The van der Waals surface area contributed by atoms with Crippen molar-refractivity contribution in [1.82, 2.24) is 4.31 Å². The number of amides is 1. The molecule has 0 radical (unpaired) electrons. The van der Waals surface area contributed by atoms with Crippen LogP contribution in [0.25, 0.3) is 0 Å². The molecule has 1 heterocycles. The van der Waals surface area contributed by atoms with Crippen LogP contribution in [0, 0.1) is 6.92 Å². The fraction of sp³-hybridized carbons (Fsp3) is 0.462. The summed E-state index contributed by atoms with van der Waals surface area (Å²) >= 11 is 1.81. The Morgan fingerprint density at radius 1 is 1.35 bits per heavy atom. The van der Waals surface area contributed by atoms with Gasteiger partial charge in [0.1, 0.15) is 0 Å². The summed E-state index contributed by atoms with van der Waals surface area (Å²) in [6.07, 6.45) is 2.60. The summed E-state index contributed by atoms with van der Waals surface area (Å²) in [5, 5.41) is 2.83. The minimum Gasteiger partial charge on any atom is -0.326 e. The Bertz CT molecular complexity index is 414. The molecule has 2 rings (SSSR count). The lowest BCUT2D eigenvalue weighted by Crippen LogP contribution is -2.09. The predicted octanol–water partition coefficient (Wildman–Crippen LogP) is 3.06. The van der Waals surface area contributed by atoms with Gasteiger partial charge in [0.25, 0.3) is 0 Å².